The third kappa shape index (κ3) is 6.12. The van der Waals surface area contributed by atoms with Gasteiger partial charge in [0.2, 0.25) is 11.8 Å². The number of nitrogens with zero attached hydrogens (tertiary/aromatic N) is 2. The molecule has 1 aromatic heterocycles. The molecule has 0 spiro atoms. The number of carbonyl (C=O) groups is 2. The van der Waals surface area contributed by atoms with Crippen molar-refractivity contribution in [1.82, 2.24) is 15.1 Å². The van der Waals surface area contributed by atoms with Crippen molar-refractivity contribution >= 4 is 23.2 Å². The summed E-state index contributed by atoms with van der Waals surface area (Å²) in [6, 6.07) is 4.51. The highest BCUT2D eigenvalue weighted by Gasteiger charge is 2.24. The lowest BCUT2D eigenvalue weighted by molar-refractivity contribution is -0.131. The van der Waals surface area contributed by atoms with E-state index in [9.17, 15) is 9.59 Å². The lowest BCUT2D eigenvalue weighted by Crippen LogP contribution is -2.36. The van der Waals surface area contributed by atoms with Gasteiger partial charge in [-0.2, -0.15) is 0 Å². The van der Waals surface area contributed by atoms with Crippen LogP contribution in [-0.2, 0) is 9.59 Å². The van der Waals surface area contributed by atoms with Crippen molar-refractivity contribution in [2.45, 2.75) is 52.0 Å². The van der Waals surface area contributed by atoms with Crippen LogP contribution in [-0.4, -0.2) is 54.3 Å². The van der Waals surface area contributed by atoms with Gasteiger partial charge in [0.05, 0.1) is 6.04 Å². The lowest BCUT2D eigenvalue weighted by atomic mass is 10.2. The first kappa shape index (κ1) is 19.9. The van der Waals surface area contributed by atoms with E-state index in [-0.39, 0.29) is 17.9 Å². The molecule has 1 aliphatic heterocycles. The maximum absolute atomic E-state index is 12.2. The number of thiophene rings is 1. The van der Waals surface area contributed by atoms with Crippen molar-refractivity contribution in [2.24, 2.45) is 0 Å². The van der Waals surface area contributed by atoms with Gasteiger partial charge in [0.25, 0.3) is 0 Å². The molecular weight excluding hydrogens is 334 g/mol. The van der Waals surface area contributed by atoms with E-state index < -0.39 is 0 Å². The largest absolute Gasteiger partial charge is 0.354 e. The number of hydrogen-bond acceptors (Lipinski definition) is 4. The number of amides is 2. The van der Waals surface area contributed by atoms with E-state index in [1.54, 1.807) is 11.3 Å². The Bertz CT molecular complexity index is 523. The average Bonchev–Trinajstić information content (AvgIpc) is 3.30. The SMILES string of the molecule is CCN(CC)C(=O)CCCC(=O)NCC(c1cccs1)N1CCCC1. The van der Waals surface area contributed by atoms with Crippen molar-refractivity contribution in [1.29, 1.82) is 0 Å². The summed E-state index contributed by atoms with van der Waals surface area (Å²) < 4.78 is 0. The molecule has 2 heterocycles. The number of hydrogen-bond donors (Lipinski definition) is 1. The second-order valence-corrected chi connectivity index (χ2v) is 7.48. The molecule has 6 heteroatoms. The van der Waals surface area contributed by atoms with Crippen LogP contribution in [0.4, 0.5) is 0 Å². The quantitative estimate of drug-likeness (QED) is 0.693. The normalized spacial score (nSPS) is 15.9. The number of likely N-dealkylation sites (tertiary alicyclic amines) is 1. The minimum atomic E-state index is 0.0492. The molecule has 0 radical (unpaired) electrons. The topological polar surface area (TPSA) is 52.7 Å². The fraction of sp³-hybridized carbons (Fsp3) is 0.684. The zero-order valence-corrected chi connectivity index (χ0v) is 16.3. The van der Waals surface area contributed by atoms with Crippen LogP contribution >= 0.6 is 11.3 Å². The fourth-order valence-corrected chi connectivity index (χ4v) is 4.24. The Kier molecular flexibility index (Phi) is 8.41. The van der Waals surface area contributed by atoms with E-state index in [4.69, 9.17) is 0 Å². The number of rotatable bonds is 10. The van der Waals surface area contributed by atoms with Crippen molar-refractivity contribution in [2.75, 3.05) is 32.7 Å². The van der Waals surface area contributed by atoms with Gasteiger partial charge in [-0.3, -0.25) is 14.5 Å². The summed E-state index contributed by atoms with van der Waals surface area (Å²) in [6.07, 6.45) is 3.97. The van der Waals surface area contributed by atoms with E-state index in [2.05, 4.69) is 27.7 Å². The molecule has 0 aromatic carbocycles. The Morgan fingerprint density at radius 3 is 2.56 bits per heavy atom. The summed E-state index contributed by atoms with van der Waals surface area (Å²) in [4.78, 5) is 29.7. The summed E-state index contributed by atoms with van der Waals surface area (Å²) in [5.74, 6) is 0.194. The standard InChI is InChI=1S/C19H31N3O2S/c1-3-21(4-2)19(24)11-7-10-18(23)20-15-16(17-9-8-14-25-17)22-12-5-6-13-22/h8-9,14,16H,3-7,10-13,15H2,1-2H3,(H,20,23). The maximum Gasteiger partial charge on any atom is 0.222 e. The maximum atomic E-state index is 12.2. The summed E-state index contributed by atoms with van der Waals surface area (Å²) >= 11 is 1.76. The van der Waals surface area contributed by atoms with Crippen LogP contribution in [0.1, 0.15) is 56.9 Å². The Hall–Kier alpha value is -1.40. The highest BCUT2D eigenvalue weighted by Crippen LogP contribution is 2.27. The molecule has 0 bridgehead atoms. The number of carbonyl (C=O) groups excluding carboxylic acids is 2. The van der Waals surface area contributed by atoms with Crippen LogP contribution < -0.4 is 5.32 Å². The third-order valence-corrected chi connectivity index (χ3v) is 5.83. The lowest BCUT2D eigenvalue weighted by Gasteiger charge is -2.27. The predicted molar refractivity (Wildman–Crippen MR) is 103 cm³/mol. The molecule has 140 valence electrons. The predicted octanol–water partition coefficient (Wildman–Crippen LogP) is 3.04. The third-order valence-electron chi connectivity index (χ3n) is 4.86. The molecule has 2 rings (SSSR count). The van der Waals surface area contributed by atoms with E-state index in [0.717, 1.165) is 26.2 Å². The van der Waals surface area contributed by atoms with Gasteiger partial charge in [-0.25, -0.2) is 0 Å². The van der Waals surface area contributed by atoms with Crippen molar-refractivity contribution in [3.05, 3.63) is 22.4 Å². The zero-order valence-electron chi connectivity index (χ0n) is 15.5. The molecule has 5 nitrogen and oxygen atoms in total. The molecule has 1 saturated heterocycles. The summed E-state index contributed by atoms with van der Waals surface area (Å²) in [7, 11) is 0. The Labute approximate surface area is 155 Å². The Balaban J connectivity index is 1.74. The Morgan fingerprint density at radius 2 is 1.96 bits per heavy atom. The van der Waals surface area contributed by atoms with Crippen LogP contribution in [0.15, 0.2) is 17.5 Å². The highest BCUT2D eigenvalue weighted by molar-refractivity contribution is 7.10. The van der Waals surface area contributed by atoms with Gasteiger partial charge in [0.1, 0.15) is 0 Å². The summed E-state index contributed by atoms with van der Waals surface area (Å²) in [6.45, 7) is 8.31. The highest BCUT2D eigenvalue weighted by atomic mass is 32.1. The summed E-state index contributed by atoms with van der Waals surface area (Å²) in [5, 5.41) is 5.18. The van der Waals surface area contributed by atoms with E-state index in [1.165, 1.54) is 17.7 Å². The smallest absolute Gasteiger partial charge is 0.222 e. The van der Waals surface area contributed by atoms with E-state index in [1.807, 2.05) is 18.7 Å². The van der Waals surface area contributed by atoms with Gasteiger partial charge >= 0.3 is 0 Å². The average molecular weight is 366 g/mol. The van der Waals surface area contributed by atoms with Crippen LogP contribution in [0, 0.1) is 0 Å². The summed E-state index contributed by atoms with van der Waals surface area (Å²) in [5.41, 5.74) is 0. The van der Waals surface area contributed by atoms with E-state index in [0.29, 0.717) is 25.8 Å². The van der Waals surface area contributed by atoms with Gasteiger partial charge in [-0.05, 0) is 57.6 Å². The number of nitrogens with one attached hydrogen (secondary N) is 1. The van der Waals surface area contributed by atoms with Gasteiger partial charge in [-0.15, -0.1) is 11.3 Å². The van der Waals surface area contributed by atoms with Crippen molar-refractivity contribution < 1.29 is 9.59 Å². The molecule has 2 amide bonds. The second-order valence-electron chi connectivity index (χ2n) is 6.50. The molecule has 1 fully saturated rings. The Morgan fingerprint density at radius 1 is 1.24 bits per heavy atom. The molecule has 1 unspecified atom stereocenters. The molecular formula is C19H31N3O2S. The van der Waals surface area contributed by atoms with Crippen LogP contribution in [0.3, 0.4) is 0 Å². The van der Waals surface area contributed by atoms with Crippen LogP contribution in [0.2, 0.25) is 0 Å². The molecule has 0 saturated carbocycles. The van der Waals surface area contributed by atoms with Gasteiger partial charge < -0.3 is 10.2 Å². The molecule has 1 atom stereocenters. The molecule has 1 aliphatic rings. The fourth-order valence-electron chi connectivity index (χ4n) is 3.38. The zero-order chi connectivity index (χ0) is 18.1. The molecule has 25 heavy (non-hydrogen) atoms. The first-order valence-corrected chi connectivity index (χ1v) is 10.4. The van der Waals surface area contributed by atoms with Gasteiger partial charge in [0, 0.05) is 37.4 Å². The first-order valence-electron chi connectivity index (χ1n) is 9.47. The second kappa shape index (κ2) is 10.6. The van der Waals surface area contributed by atoms with Crippen molar-refractivity contribution in [3.8, 4) is 0 Å². The van der Waals surface area contributed by atoms with Gasteiger partial charge in [-0.1, -0.05) is 6.07 Å². The van der Waals surface area contributed by atoms with Gasteiger partial charge in [0.15, 0.2) is 0 Å². The molecule has 1 N–H and O–H groups in total. The molecule has 0 aliphatic carbocycles. The molecule has 1 aromatic rings. The van der Waals surface area contributed by atoms with Crippen molar-refractivity contribution in [3.63, 3.8) is 0 Å². The van der Waals surface area contributed by atoms with Crippen LogP contribution in [0.25, 0.3) is 0 Å². The van der Waals surface area contributed by atoms with E-state index >= 15 is 0 Å². The van der Waals surface area contributed by atoms with Crippen LogP contribution in [0.5, 0.6) is 0 Å². The monoisotopic (exact) mass is 365 g/mol. The first-order chi connectivity index (χ1) is 12.2. The minimum absolute atomic E-state index is 0.0492. The minimum Gasteiger partial charge on any atom is -0.354 e.